The van der Waals surface area contributed by atoms with Gasteiger partial charge in [-0.3, -0.25) is 4.55 Å². The number of benzene rings is 2. The highest BCUT2D eigenvalue weighted by Crippen LogP contribution is 2.48. The Kier molecular flexibility index (Phi) is 6.11. The number of halogens is 2. The van der Waals surface area contributed by atoms with E-state index in [0.717, 1.165) is 30.8 Å². The van der Waals surface area contributed by atoms with Crippen LogP contribution in [0.4, 0.5) is 5.69 Å². The molecule has 1 aliphatic heterocycles. The summed E-state index contributed by atoms with van der Waals surface area (Å²) < 4.78 is 32.0. The number of aromatic nitrogens is 1. The van der Waals surface area contributed by atoms with Gasteiger partial charge in [0.1, 0.15) is 5.01 Å². The molecule has 1 aromatic heterocycles. The number of hydrogen-bond acceptors (Lipinski definition) is 6. The molecule has 0 amide bonds. The van der Waals surface area contributed by atoms with Crippen LogP contribution >= 0.6 is 46.3 Å². The van der Waals surface area contributed by atoms with Gasteiger partial charge in [-0.15, -0.1) is 11.3 Å². The van der Waals surface area contributed by atoms with E-state index >= 15 is 0 Å². The molecule has 152 valence electrons. The van der Waals surface area contributed by atoms with Gasteiger partial charge in [0.05, 0.1) is 26.7 Å². The molecule has 1 aliphatic rings. The fraction of sp³-hybridized carbons (Fsp3) is 0.211. The summed E-state index contributed by atoms with van der Waals surface area (Å²) in [6.07, 6.45) is 3.02. The molecule has 0 saturated heterocycles. The summed E-state index contributed by atoms with van der Waals surface area (Å²) in [5.41, 5.74) is 1.85. The summed E-state index contributed by atoms with van der Waals surface area (Å²) in [7, 11) is -3.95. The monoisotopic (exact) mass is 486 g/mol. The standard InChI is InChI=1S/C19H16Cl2N2O3S3/c20-12-3-5-16-14(9-12)22-18(27-16)11-19-23(7-1-2-8-29(24,25)26)15-10-13(21)4-6-17(15)28-19/h3-6,9-11H,1-2,7-8H2,(H,24,25,26). The molecule has 0 atom stereocenters. The summed E-state index contributed by atoms with van der Waals surface area (Å²) in [5, 5.41) is 3.16. The van der Waals surface area contributed by atoms with Crippen molar-refractivity contribution in [1.29, 1.82) is 0 Å². The van der Waals surface area contributed by atoms with Crippen molar-refractivity contribution in [2.75, 3.05) is 17.2 Å². The number of nitrogens with zero attached hydrogens (tertiary/aromatic N) is 2. The van der Waals surface area contributed by atoms with E-state index in [9.17, 15) is 8.42 Å². The Bertz CT molecular complexity index is 1210. The molecule has 0 radical (unpaired) electrons. The van der Waals surface area contributed by atoms with Crippen molar-refractivity contribution >= 4 is 78.4 Å². The predicted octanol–water partition coefficient (Wildman–Crippen LogP) is 6.18. The molecule has 2 aromatic carbocycles. The first kappa shape index (κ1) is 21.0. The Morgan fingerprint density at radius 2 is 1.86 bits per heavy atom. The Morgan fingerprint density at radius 1 is 1.10 bits per heavy atom. The second kappa shape index (κ2) is 8.45. The number of unbranched alkanes of at least 4 members (excludes halogenated alkanes) is 1. The largest absolute Gasteiger partial charge is 0.335 e. The minimum atomic E-state index is -3.95. The van der Waals surface area contributed by atoms with Gasteiger partial charge in [0.15, 0.2) is 0 Å². The molecule has 0 fully saturated rings. The number of anilines is 1. The maximum Gasteiger partial charge on any atom is 0.264 e. The van der Waals surface area contributed by atoms with Gasteiger partial charge in [-0.25, -0.2) is 4.98 Å². The van der Waals surface area contributed by atoms with Crippen LogP contribution in [0.25, 0.3) is 16.3 Å². The van der Waals surface area contributed by atoms with Crippen molar-refractivity contribution in [3.8, 4) is 0 Å². The zero-order valence-corrected chi connectivity index (χ0v) is 19.0. The average Bonchev–Trinajstić information content (AvgIpc) is 3.18. The molecule has 0 spiro atoms. The summed E-state index contributed by atoms with van der Waals surface area (Å²) in [4.78, 5) is 7.86. The van der Waals surface area contributed by atoms with Gasteiger partial charge in [-0.05, 0) is 49.2 Å². The van der Waals surface area contributed by atoms with Crippen LogP contribution in [0.2, 0.25) is 10.0 Å². The molecular formula is C19H16Cl2N2O3S3. The molecule has 0 unspecified atom stereocenters. The van der Waals surface area contributed by atoms with Crippen LogP contribution in [0.3, 0.4) is 0 Å². The third-order valence-electron chi connectivity index (χ3n) is 4.34. The van der Waals surface area contributed by atoms with Gasteiger partial charge < -0.3 is 4.90 Å². The quantitative estimate of drug-likeness (QED) is 0.331. The van der Waals surface area contributed by atoms with Crippen LogP contribution in [0.5, 0.6) is 0 Å². The zero-order valence-electron chi connectivity index (χ0n) is 15.0. The number of hydrogen-bond donors (Lipinski definition) is 1. The Balaban J connectivity index is 1.62. The number of thioether (sulfide) groups is 1. The molecule has 29 heavy (non-hydrogen) atoms. The van der Waals surface area contributed by atoms with E-state index in [1.807, 2.05) is 42.5 Å². The third-order valence-corrected chi connectivity index (χ3v) is 7.71. The van der Waals surface area contributed by atoms with Crippen molar-refractivity contribution in [1.82, 2.24) is 4.98 Å². The van der Waals surface area contributed by atoms with Crippen molar-refractivity contribution in [3.63, 3.8) is 0 Å². The van der Waals surface area contributed by atoms with Crippen molar-refractivity contribution in [3.05, 3.63) is 56.5 Å². The topological polar surface area (TPSA) is 70.5 Å². The van der Waals surface area contributed by atoms with Gasteiger partial charge in [0.25, 0.3) is 10.1 Å². The maximum absolute atomic E-state index is 11.0. The summed E-state index contributed by atoms with van der Waals surface area (Å²) in [5.74, 6) is -0.242. The summed E-state index contributed by atoms with van der Waals surface area (Å²) >= 11 is 15.5. The SMILES string of the molecule is O=S(=O)(O)CCCCN1C(=Cc2nc3cc(Cl)ccc3s2)Sc2ccc(Cl)cc21. The predicted molar refractivity (Wildman–Crippen MR) is 123 cm³/mol. The van der Waals surface area contributed by atoms with E-state index in [1.165, 1.54) is 0 Å². The smallest absolute Gasteiger partial charge is 0.264 e. The lowest BCUT2D eigenvalue weighted by Gasteiger charge is -2.20. The Labute approximate surface area is 187 Å². The molecule has 0 bridgehead atoms. The number of fused-ring (bicyclic) bond motifs is 2. The first-order valence-electron chi connectivity index (χ1n) is 8.76. The lowest BCUT2D eigenvalue weighted by Crippen LogP contribution is -2.19. The first-order valence-corrected chi connectivity index (χ1v) is 12.8. The molecule has 0 aliphatic carbocycles. The van der Waals surface area contributed by atoms with Gasteiger partial charge in [-0.2, -0.15) is 8.42 Å². The summed E-state index contributed by atoms with van der Waals surface area (Å²) in [6, 6.07) is 11.4. The van der Waals surface area contributed by atoms with Crippen LogP contribution in [0.1, 0.15) is 17.8 Å². The van der Waals surface area contributed by atoms with Gasteiger partial charge in [-0.1, -0.05) is 35.0 Å². The van der Waals surface area contributed by atoms with E-state index in [4.69, 9.17) is 27.8 Å². The lowest BCUT2D eigenvalue weighted by molar-refractivity contribution is 0.480. The van der Waals surface area contributed by atoms with Gasteiger partial charge in [0.2, 0.25) is 0 Å². The molecular weight excluding hydrogens is 471 g/mol. The summed E-state index contributed by atoms with van der Waals surface area (Å²) in [6.45, 7) is 0.610. The third kappa shape index (κ3) is 5.07. The fourth-order valence-electron chi connectivity index (χ4n) is 3.05. The van der Waals surface area contributed by atoms with E-state index in [-0.39, 0.29) is 5.75 Å². The highest BCUT2D eigenvalue weighted by Gasteiger charge is 2.25. The molecule has 2 heterocycles. The van der Waals surface area contributed by atoms with Crippen molar-refractivity contribution < 1.29 is 13.0 Å². The van der Waals surface area contributed by atoms with Crippen LogP contribution in [0, 0.1) is 0 Å². The lowest BCUT2D eigenvalue weighted by atomic mass is 10.2. The van der Waals surface area contributed by atoms with Gasteiger partial charge >= 0.3 is 0 Å². The number of rotatable bonds is 6. The molecule has 10 heteroatoms. The molecule has 1 N–H and O–H groups in total. The normalized spacial score (nSPS) is 15.4. The fourth-order valence-corrected chi connectivity index (χ4v) is 6.02. The van der Waals surface area contributed by atoms with Crippen LogP contribution in [-0.2, 0) is 10.1 Å². The maximum atomic E-state index is 11.0. The Morgan fingerprint density at radius 3 is 2.66 bits per heavy atom. The molecule has 5 nitrogen and oxygen atoms in total. The molecule has 3 aromatic rings. The second-order valence-corrected chi connectivity index (χ2v) is 11.1. The minimum absolute atomic E-state index is 0.242. The van der Waals surface area contributed by atoms with E-state index in [1.54, 1.807) is 23.1 Å². The number of thiazole rings is 1. The molecule has 0 saturated carbocycles. The first-order chi connectivity index (χ1) is 13.8. The molecule has 4 rings (SSSR count). The van der Waals surface area contributed by atoms with Crippen molar-refractivity contribution in [2.45, 2.75) is 17.7 Å². The van der Waals surface area contributed by atoms with E-state index in [2.05, 4.69) is 9.88 Å². The van der Waals surface area contributed by atoms with Crippen LogP contribution in [0.15, 0.2) is 46.3 Å². The van der Waals surface area contributed by atoms with Crippen molar-refractivity contribution in [2.24, 2.45) is 0 Å². The van der Waals surface area contributed by atoms with Gasteiger partial charge in [0, 0.05) is 27.6 Å². The average molecular weight is 487 g/mol. The highest BCUT2D eigenvalue weighted by atomic mass is 35.5. The second-order valence-electron chi connectivity index (χ2n) is 6.51. The van der Waals surface area contributed by atoms with Crippen LogP contribution in [-0.4, -0.2) is 30.3 Å². The Hall–Kier alpha value is -1.29. The minimum Gasteiger partial charge on any atom is -0.335 e. The zero-order chi connectivity index (χ0) is 20.6. The van der Waals surface area contributed by atoms with E-state index in [0.29, 0.717) is 29.4 Å². The van der Waals surface area contributed by atoms with E-state index < -0.39 is 10.1 Å². The van der Waals surface area contributed by atoms with Crippen LogP contribution < -0.4 is 4.90 Å². The highest BCUT2D eigenvalue weighted by molar-refractivity contribution is 8.03.